The van der Waals surface area contributed by atoms with Crippen molar-refractivity contribution in [2.75, 3.05) is 26.2 Å². The predicted molar refractivity (Wildman–Crippen MR) is 103 cm³/mol. The lowest BCUT2D eigenvalue weighted by Gasteiger charge is -2.35. The Hall–Kier alpha value is -2.85. The van der Waals surface area contributed by atoms with Crippen molar-refractivity contribution >= 4 is 21.9 Å². The van der Waals surface area contributed by atoms with E-state index in [-0.39, 0.29) is 42.7 Å². The normalized spacial score (nSPS) is 16.3. The van der Waals surface area contributed by atoms with E-state index in [1.165, 1.54) is 28.5 Å². The van der Waals surface area contributed by atoms with Gasteiger partial charge in [-0.05, 0) is 26.0 Å². The van der Waals surface area contributed by atoms with Gasteiger partial charge in [-0.1, -0.05) is 18.2 Å². The van der Waals surface area contributed by atoms with E-state index in [1.54, 1.807) is 37.3 Å². The number of aryl methyl sites for hydroxylation is 1. The van der Waals surface area contributed by atoms with Gasteiger partial charge in [-0.3, -0.25) is 9.78 Å². The van der Waals surface area contributed by atoms with Gasteiger partial charge in [0.1, 0.15) is 0 Å². The van der Waals surface area contributed by atoms with Crippen LogP contribution < -0.4 is 0 Å². The molecule has 0 bridgehead atoms. The summed E-state index contributed by atoms with van der Waals surface area (Å²) < 4.78 is 31.9. The Morgan fingerprint density at radius 3 is 2.28 bits per heavy atom. The molecular weight excluding hydrogens is 396 g/mol. The van der Waals surface area contributed by atoms with Crippen molar-refractivity contribution < 1.29 is 22.7 Å². The Kier molecular flexibility index (Phi) is 6.23. The van der Waals surface area contributed by atoms with Crippen molar-refractivity contribution in [3.8, 4) is 0 Å². The zero-order valence-corrected chi connectivity index (χ0v) is 17.0. The highest BCUT2D eigenvalue weighted by atomic mass is 32.2. The number of nitrogens with zero attached hydrogens (tertiary/aromatic N) is 4. The summed E-state index contributed by atoms with van der Waals surface area (Å²) >= 11 is 0. The van der Waals surface area contributed by atoms with Crippen LogP contribution in [-0.4, -0.2) is 71.8 Å². The van der Waals surface area contributed by atoms with Gasteiger partial charge < -0.3 is 9.64 Å². The van der Waals surface area contributed by atoms with E-state index in [9.17, 15) is 18.0 Å². The Bertz CT molecular complexity index is 971. The zero-order chi connectivity index (χ0) is 21.0. The highest BCUT2D eigenvalue weighted by Crippen LogP contribution is 2.18. The number of rotatable bonds is 5. The van der Waals surface area contributed by atoms with Crippen molar-refractivity contribution in [2.24, 2.45) is 0 Å². The van der Waals surface area contributed by atoms with E-state index >= 15 is 0 Å². The summed E-state index contributed by atoms with van der Waals surface area (Å²) in [5, 5.41) is 0. The zero-order valence-electron chi connectivity index (χ0n) is 16.2. The van der Waals surface area contributed by atoms with Crippen LogP contribution in [0.4, 0.5) is 0 Å². The summed E-state index contributed by atoms with van der Waals surface area (Å²) in [6.07, 6.45) is 1.72. The number of carbonyl (C=O) groups excluding carboxylic acids is 2. The van der Waals surface area contributed by atoms with Gasteiger partial charge in [0.2, 0.25) is 10.0 Å². The molecule has 2 heterocycles. The Balaban J connectivity index is 1.57. The van der Waals surface area contributed by atoms with Gasteiger partial charge in [0.15, 0.2) is 11.8 Å². The van der Waals surface area contributed by atoms with Gasteiger partial charge in [0.05, 0.1) is 16.8 Å². The number of benzene rings is 1. The molecule has 154 valence electrons. The first-order chi connectivity index (χ1) is 13.8. The molecule has 0 spiro atoms. The Morgan fingerprint density at radius 2 is 1.69 bits per heavy atom. The molecule has 1 saturated heterocycles. The average molecular weight is 418 g/mol. The molecule has 0 unspecified atom stereocenters. The topological polar surface area (TPSA) is 110 Å². The molecule has 1 atom stereocenters. The van der Waals surface area contributed by atoms with E-state index in [0.717, 1.165) is 0 Å². The molecule has 10 heteroatoms. The van der Waals surface area contributed by atoms with E-state index in [4.69, 9.17) is 4.74 Å². The van der Waals surface area contributed by atoms with Crippen LogP contribution in [0.15, 0.2) is 47.6 Å². The maximum absolute atomic E-state index is 12.7. The van der Waals surface area contributed by atoms with Crippen LogP contribution in [0, 0.1) is 6.92 Å². The summed E-state index contributed by atoms with van der Waals surface area (Å²) in [5.41, 5.74) is 0.683. The molecular formula is C19H22N4O5S. The van der Waals surface area contributed by atoms with Crippen LogP contribution in [0.2, 0.25) is 0 Å². The first kappa shape index (κ1) is 20.9. The number of hydrogen-bond donors (Lipinski definition) is 0. The van der Waals surface area contributed by atoms with Crippen LogP contribution in [0.5, 0.6) is 0 Å². The molecule has 0 radical (unpaired) electrons. The molecule has 1 aromatic carbocycles. The van der Waals surface area contributed by atoms with Crippen molar-refractivity contribution in [1.29, 1.82) is 0 Å². The minimum Gasteiger partial charge on any atom is -0.448 e. The molecule has 0 aliphatic carbocycles. The van der Waals surface area contributed by atoms with Gasteiger partial charge in [-0.15, -0.1) is 0 Å². The third-order valence-corrected chi connectivity index (χ3v) is 6.47. The number of ether oxygens (including phenoxy) is 1. The van der Waals surface area contributed by atoms with Crippen LogP contribution in [-0.2, 0) is 19.6 Å². The first-order valence-corrected chi connectivity index (χ1v) is 10.6. The second-order valence-corrected chi connectivity index (χ2v) is 8.57. The van der Waals surface area contributed by atoms with E-state index in [0.29, 0.717) is 5.69 Å². The summed E-state index contributed by atoms with van der Waals surface area (Å²) in [5.74, 6) is -1.11. The number of carbonyl (C=O) groups is 2. The average Bonchev–Trinajstić information content (AvgIpc) is 2.74. The van der Waals surface area contributed by atoms with Crippen LogP contribution in [0.25, 0.3) is 0 Å². The van der Waals surface area contributed by atoms with Gasteiger partial charge in [0, 0.05) is 32.4 Å². The van der Waals surface area contributed by atoms with Crippen molar-refractivity contribution in [3.63, 3.8) is 0 Å². The Morgan fingerprint density at radius 1 is 1.03 bits per heavy atom. The SMILES string of the molecule is Cc1cnc(C(=O)O[C@@H](C)C(=O)N2CCN(S(=O)(=O)c3ccccc3)CC2)cn1. The highest BCUT2D eigenvalue weighted by molar-refractivity contribution is 7.89. The standard InChI is InChI=1S/C19H22N4O5S/c1-14-12-21-17(13-20-14)19(25)28-15(2)18(24)22-8-10-23(11-9-22)29(26,27)16-6-4-3-5-7-16/h3-7,12-13,15H,8-11H2,1-2H3/t15-/m0/s1. The molecule has 29 heavy (non-hydrogen) atoms. The fourth-order valence-electron chi connectivity index (χ4n) is 2.92. The number of sulfonamides is 1. The lowest BCUT2D eigenvalue weighted by atomic mass is 10.3. The summed E-state index contributed by atoms with van der Waals surface area (Å²) in [4.78, 5) is 34.3. The maximum Gasteiger partial charge on any atom is 0.359 e. The van der Waals surface area contributed by atoms with Crippen LogP contribution in [0.3, 0.4) is 0 Å². The Labute approximate surface area is 169 Å². The number of esters is 1. The van der Waals surface area contributed by atoms with Crippen LogP contribution in [0.1, 0.15) is 23.1 Å². The van der Waals surface area contributed by atoms with Crippen molar-refractivity contribution in [2.45, 2.75) is 24.8 Å². The molecule has 1 aliphatic rings. The third kappa shape index (κ3) is 4.77. The second-order valence-electron chi connectivity index (χ2n) is 6.63. The molecule has 2 aromatic rings. The third-order valence-electron chi connectivity index (χ3n) is 4.55. The number of hydrogen-bond acceptors (Lipinski definition) is 7. The second kappa shape index (κ2) is 8.66. The molecule has 1 aromatic heterocycles. The largest absolute Gasteiger partial charge is 0.448 e. The number of piperazine rings is 1. The minimum atomic E-state index is -3.60. The van der Waals surface area contributed by atoms with Crippen molar-refractivity contribution in [3.05, 3.63) is 54.1 Å². The van der Waals surface area contributed by atoms with Gasteiger partial charge in [-0.2, -0.15) is 4.31 Å². The molecule has 9 nitrogen and oxygen atoms in total. The number of amides is 1. The summed E-state index contributed by atoms with van der Waals surface area (Å²) in [6.45, 7) is 4.01. The minimum absolute atomic E-state index is 0.0222. The predicted octanol–water partition coefficient (Wildman–Crippen LogP) is 0.863. The van der Waals surface area contributed by atoms with Crippen molar-refractivity contribution in [1.82, 2.24) is 19.2 Å². The van der Waals surface area contributed by atoms with Gasteiger partial charge in [0.25, 0.3) is 5.91 Å². The maximum atomic E-state index is 12.7. The van der Waals surface area contributed by atoms with E-state index < -0.39 is 22.1 Å². The lowest BCUT2D eigenvalue weighted by Crippen LogP contribution is -2.52. The van der Waals surface area contributed by atoms with E-state index in [2.05, 4.69) is 9.97 Å². The smallest absolute Gasteiger partial charge is 0.359 e. The molecule has 0 N–H and O–H groups in total. The first-order valence-electron chi connectivity index (χ1n) is 9.12. The lowest BCUT2D eigenvalue weighted by molar-refractivity contribution is -0.141. The molecule has 1 fully saturated rings. The molecule has 1 amide bonds. The molecule has 3 rings (SSSR count). The highest BCUT2D eigenvalue weighted by Gasteiger charge is 2.32. The van der Waals surface area contributed by atoms with Gasteiger partial charge in [-0.25, -0.2) is 18.2 Å². The van der Waals surface area contributed by atoms with E-state index in [1.807, 2.05) is 0 Å². The monoisotopic (exact) mass is 418 g/mol. The molecule has 0 saturated carbocycles. The van der Waals surface area contributed by atoms with Crippen LogP contribution >= 0.6 is 0 Å². The fraction of sp³-hybridized carbons (Fsp3) is 0.368. The fourth-order valence-corrected chi connectivity index (χ4v) is 4.36. The summed E-state index contributed by atoms with van der Waals surface area (Å²) in [7, 11) is -3.60. The summed E-state index contributed by atoms with van der Waals surface area (Å²) in [6, 6.07) is 8.17. The molecule has 1 aliphatic heterocycles. The number of aromatic nitrogens is 2. The quantitative estimate of drug-likeness (QED) is 0.663. The van der Waals surface area contributed by atoms with Gasteiger partial charge >= 0.3 is 5.97 Å².